The van der Waals surface area contributed by atoms with Crippen molar-refractivity contribution in [1.29, 1.82) is 0 Å². The summed E-state index contributed by atoms with van der Waals surface area (Å²) < 4.78 is 12.4. The second-order valence-corrected chi connectivity index (χ2v) is 13.6. The molecule has 1 saturated heterocycles. The van der Waals surface area contributed by atoms with E-state index in [4.69, 9.17) is 9.47 Å². The maximum absolute atomic E-state index is 12.8. The third kappa shape index (κ3) is 14.2. The van der Waals surface area contributed by atoms with Gasteiger partial charge >= 0.3 is 5.97 Å². The number of carbonyl (C=O) groups is 1. The highest BCUT2D eigenvalue weighted by atomic mass is 16.6. The molecule has 1 fully saturated rings. The lowest BCUT2D eigenvalue weighted by Gasteiger charge is -2.34. The topological polar surface area (TPSA) is 55.8 Å². The van der Waals surface area contributed by atoms with Crippen LogP contribution in [0.4, 0.5) is 0 Å². The molecular formula is C38H64O4. The maximum Gasteiger partial charge on any atom is 0.305 e. The lowest BCUT2D eigenvalue weighted by Crippen LogP contribution is -2.41. The quantitative estimate of drug-likeness (QED) is 0.0669. The van der Waals surface area contributed by atoms with E-state index in [2.05, 4.69) is 39.5 Å². The van der Waals surface area contributed by atoms with Crippen LogP contribution in [-0.2, 0) is 14.3 Å². The molecule has 1 N–H and O–H groups in total. The Morgan fingerprint density at radius 1 is 1.00 bits per heavy atom. The number of rotatable bonds is 20. The van der Waals surface area contributed by atoms with E-state index in [1.54, 1.807) is 0 Å². The van der Waals surface area contributed by atoms with Gasteiger partial charge in [0.1, 0.15) is 12.2 Å². The van der Waals surface area contributed by atoms with Crippen molar-refractivity contribution in [2.75, 3.05) is 13.2 Å². The third-order valence-corrected chi connectivity index (χ3v) is 9.24. The highest BCUT2D eigenvalue weighted by Crippen LogP contribution is 2.46. The fourth-order valence-electron chi connectivity index (χ4n) is 6.48. The highest BCUT2D eigenvalue weighted by Gasteiger charge is 2.50. The Labute approximate surface area is 259 Å². The summed E-state index contributed by atoms with van der Waals surface area (Å²) >= 11 is 0. The van der Waals surface area contributed by atoms with E-state index < -0.39 is 11.2 Å². The molecule has 1 aliphatic heterocycles. The summed E-state index contributed by atoms with van der Waals surface area (Å²) in [7, 11) is 0. The Bertz CT molecular complexity index is 862. The molecule has 240 valence electrons. The average Bonchev–Trinajstić information content (AvgIpc) is 3.32. The van der Waals surface area contributed by atoms with E-state index >= 15 is 0 Å². The van der Waals surface area contributed by atoms with Crippen LogP contribution >= 0.6 is 0 Å². The smallest absolute Gasteiger partial charge is 0.305 e. The number of fused-ring (bicyclic) bond motifs is 1. The summed E-state index contributed by atoms with van der Waals surface area (Å²) in [4.78, 5) is 12.8. The highest BCUT2D eigenvalue weighted by molar-refractivity contribution is 5.69. The Morgan fingerprint density at radius 2 is 1.57 bits per heavy atom. The van der Waals surface area contributed by atoms with Crippen LogP contribution in [0.1, 0.15) is 150 Å². The lowest BCUT2D eigenvalue weighted by molar-refractivity contribution is -0.151. The maximum atomic E-state index is 12.8. The molecule has 2 rings (SSSR count). The van der Waals surface area contributed by atoms with Gasteiger partial charge in [0, 0.05) is 18.3 Å². The number of hydrogen-bond donors (Lipinski definition) is 1. The molecule has 0 aromatic rings. The van der Waals surface area contributed by atoms with Crippen molar-refractivity contribution in [1.82, 2.24) is 0 Å². The van der Waals surface area contributed by atoms with Gasteiger partial charge in [0.2, 0.25) is 0 Å². The summed E-state index contributed by atoms with van der Waals surface area (Å²) in [5, 5.41) is 10.8. The lowest BCUT2D eigenvalue weighted by atomic mass is 9.74. The molecule has 2 aliphatic rings. The van der Waals surface area contributed by atoms with E-state index in [0.29, 0.717) is 19.4 Å². The Balaban J connectivity index is 1.72. The minimum Gasteiger partial charge on any atom is -0.462 e. The first kappa shape index (κ1) is 36.5. The molecule has 1 heterocycles. The largest absolute Gasteiger partial charge is 0.462 e. The van der Waals surface area contributed by atoms with Gasteiger partial charge in [-0.05, 0) is 52.5 Å². The number of aliphatic hydroxyl groups is 1. The number of carbonyl (C=O) groups excluding carboxylic acids is 1. The van der Waals surface area contributed by atoms with Crippen molar-refractivity contribution in [2.45, 2.75) is 161 Å². The second kappa shape index (κ2) is 20.3. The van der Waals surface area contributed by atoms with Gasteiger partial charge in [-0.25, -0.2) is 0 Å². The van der Waals surface area contributed by atoms with Crippen LogP contribution in [0.15, 0.2) is 48.1 Å². The molecule has 0 spiro atoms. The van der Waals surface area contributed by atoms with Crippen molar-refractivity contribution in [2.24, 2.45) is 11.8 Å². The minimum absolute atomic E-state index is 0.0942. The van der Waals surface area contributed by atoms with Gasteiger partial charge in [-0.2, -0.15) is 0 Å². The van der Waals surface area contributed by atoms with Gasteiger partial charge in [0.25, 0.3) is 0 Å². The molecule has 0 radical (unpaired) electrons. The van der Waals surface area contributed by atoms with Crippen LogP contribution in [0.2, 0.25) is 0 Å². The first-order valence-corrected chi connectivity index (χ1v) is 17.4. The van der Waals surface area contributed by atoms with Crippen molar-refractivity contribution in [3.05, 3.63) is 48.1 Å². The van der Waals surface area contributed by atoms with Crippen molar-refractivity contribution in [3.63, 3.8) is 0 Å². The van der Waals surface area contributed by atoms with Gasteiger partial charge in [-0.1, -0.05) is 139 Å². The zero-order valence-electron chi connectivity index (χ0n) is 27.8. The monoisotopic (exact) mass is 584 g/mol. The van der Waals surface area contributed by atoms with Crippen molar-refractivity contribution >= 4 is 5.97 Å². The molecule has 0 bridgehead atoms. The van der Waals surface area contributed by atoms with Crippen molar-refractivity contribution < 1.29 is 19.4 Å². The molecular weight excluding hydrogens is 520 g/mol. The molecule has 0 saturated carbocycles. The van der Waals surface area contributed by atoms with Gasteiger partial charge < -0.3 is 14.6 Å². The summed E-state index contributed by atoms with van der Waals surface area (Å²) in [5.41, 5.74) is 0.755. The molecule has 42 heavy (non-hydrogen) atoms. The van der Waals surface area contributed by atoms with E-state index in [9.17, 15) is 9.90 Å². The van der Waals surface area contributed by atoms with Crippen LogP contribution in [0.25, 0.3) is 0 Å². The summed E-state index contributed by atoms with van der Waals surface area (Å²) in [6.07, 6.45) is 32.4. The molecule has 1 aliphatic carbocycles. The fraction of sp³-hybridized carbons (Fsp3) is 0.763. The normalized spacial score (nSPS) is 26.1. The second-order valence-electron chi connectivity index (χ2n) is 13.6. The molecule has 4 heteroatoms. The average molecular weight is 585 g/mol. The Kier molecular flexibility index (Phi) is 17.7. The van der Waals surface area contributed by atoms with Gasteiger partial charge in [-0.3, -0.25) is 4.79 Å². The number of ether oxygens (including phenoxy) is 2. The molecule has 4 nitrogen and oxygen atoms in total. The summed E-state index contributed by atoms with van der Waals surface area (Å²) in [5.74, 6) is 0.133. The SMILES string of the molecule is C=C1CC=CC(C)(O)CCC2C1COC2(C=CC=C(C)C)COC(=O)CCCCCCCCCCCCCCCCC. The molecule has 4 atom stereocenters. The van der Waals surface area contributed by atoms with E-state index in [1.807, 2.05) is 25.2 Å². The van der Waals surface area contributed by atoms with Crippen LogP contribution in [0.3, 0.4) is 0 Å². The number of allylic oxidation sites excluding steroid dienone is 4. The van der Waals surface area contributed by atoms with E-state index in [1.165, 1.54) is 89.0 Å². The predicted molar refractivity (Wildman–Crippen MR) is 177 cm³/mol. The first-order chi connectivity index (χ1) is 20.2. The molecule has 4 unspecified atom stereocenters. The molecule has 0 aromatic heterocycles. The molecule has 0 amide bonds. The summed E-state index contributed by atoms with van der Waals surface area (Å²) in [6.45, 7) is 13.4. The minimum atomic E-state index is -0.864. The Morgan fingerprint density at radius 3 is 2.14 bits per heavy atom. The van der Waals surface area contributed by atoms with Crippen molar-refractivity contribution in [3.8, 4) is 0 Å². The Hall–Kier alpha value is -1.65. The third-order valence-electron chi connectivity index (χ3n) is 9.24. The number of hydrogen-bond acceptors (Lipinski definition) is 4. The van der Waals surface area contributed by atoms with Gasteiger partial charge in [-0.15, -0.1) is 0 Å². The first-order valence-electron chi connectivity index (χ1n) is 17.4. The van der Waals surface area contributed by atoms with Gasteiger partial charge in [0.05, 0.1) is 12.2 Å². The van der Waals surface area contributed by atoms with E-state index in [-0.39, 0.29) is 24.4 Å². The summed E-state index contributed by atoms with van der Waals surface area (Å²) in [6, 6.07) is 0. The predicted octanol–water partition coefficient (Wildman–Crippen LogP) is 10.4. The zero-order valence-corrected chi connectivity index (χ0v) is 27.8. The van der Waals surface area contributed by atoms with Crippen LogP contribution in [-0.4, -0.2) is 35.5 Å². The van der Waals surface area contributed by atoms with E-state index in [0.717, 1.165) is 31.3 Å². The van der Waals surface area contributed by atoms with Crippen LogP contribution in [0, 0.1) is 11.8 Å². The fourth-order valence-corrected chi connectivity index (χ4v) is 6.48. The van der Waals surface area contributed by atoms with Crippen LogP contribution in [0.5, 0.6) is 0 Å². The number of esters is 1. The van der Waals surface area contributed by atoms with Crippen LogP contribution < -0.4 is 0 Å². The molecule has 0 aromatic carbocycles. The number of unbranched alkanes of at least 4 members (excludes halogenated alkanes) is 14. The zero-order chi connectivity index (χ0) is 30.7. The van der Waals surface area contributed by atoms with Gasteiger partial charge in [0.15, 0.2) is 0 Å². The standard InChI is InChI=1S/C38H64O4/c1-6-7-8-9-10-11-12-13-14-15-16-17-18-19-20-25-36(39)41-31-38(28-21-23-32(2)3)35-26-29-37(5,40)27-22-24-33(4)34(35)30-42-38/h21-23,27-28,34-35,40H,4,6-20,24-26,29-31H2,1-3,5H3.